The van der Waals surface area contributed by atoms with E-state index in [0.29, 0.717) is 0 Å². The van der Waals surface area contributed by atoms with Crippen LogP contribution in [-0.2, 0) is 16.3 Å². The minimum atomic E-state index is -3.99. The topological polar surface area (TPSA) is 87.0 Å². The molecule has 48 valence electrons. The van der Waals surface area contributed by atoms with Crippen molar-refractivity contribution in [3.8, 4) is 0 Å². The Bertz CT molecular complexity index is 135. The van der Waals surface area contributed by atoms with Crippen LogP contribution in [0.5, 0.6) is 0 Å². The average Bonchev–Trinajstić information content (AvgIpc) is 1.21. The molecule has 0 atom stereocenters. The summed E-state index contributed by atoms with van der Waals surface area (Å²) in [6.45, 7) is -3.99. The van der Waals surface area contributed by atoms with Crippen LogP contribution in [0.15, 0.2) is 0 Å². The fourth-order valence-corrected chi connectivity index (χ4v) is 0.496. The van der Waals surface area contributed by atoms with E-state index in [1.807, 2.05) is 0 Å². The van der Waals surface area contributed by atoms with Crippen molar-refractivity contribution in [3.05, 3.63) is 0 Å². The summed E-state index contributed by atoms with van der Waals surface area (Å²) < 4.78 is 3.39. The monoisotopic (exact) mass is 158 g/mol. The third kappa shape index (κ3) is 5.84. The summed E-state index contributed by atoms with van der Waals surface area (Å²) in [6, 6.07) is 0. The van der Waals surface area contributed by atoms with Gasteiger partial charge in [0, 0.05) is 11.8 Å². The Labute approximate surface area is 49.8 Å². The smallest absolute Gasteiger partial charge is 0.449 e. The van der Waals surface area contributed by atoms with Crippen LogP contribution in [0.25, 0.3) is 0 Å². The SMILES string of the molecule is O=C(O)OP(O)(O)=S. The summed E-state index contributed by atoms with van der Waals surface area (Å²) in [5, 5.41) is 7.67. The standard InChI is InChI=1S/CH3O5PS/c2-1(3)6-7(4,5)8/h(H,2,3)(H2,4,5,8). The second-order valence-electron chi connectivity index (χ2n) is 0.848. The molecule has 0 fully saturated rings. The number of carboxylic acid groups (broad SMARTS) is 1. The van der Waals surface area contributed by atoms with Crippen LogP contribution in [0, 0.1) is 0 Å². The summed E-state index contributed by atoms with van der Waals surface area (Å²) in [6.07, 6.45) is -1.78. The van der Waals surface area contributed by atoms with Crippen LogP contribution in [0.3, 0.4) is 0 Å². The Balaban J connectivity index is 3.74. The Hall–Kier alpha value is -0.160. The Morgan fingerprint density at radius 1 is 1.62 bits per heavy atom. The first kappa shape index (κ1) is 7.84. The lowest BCUT2D eigenvalue weighted by molar-refractivity contribution is 0.137. The molecule has 0 saturated heterocycles. The van der Waals surface area contributed by atoms with Gasteiger partial charge in [-0.2, -0.15) is 0 Å². The highest BCUT2D eigenvalue weighted by atomic mass is 32.5. The van der Waals surface area contributed by atoms with Gasteiger partial charge in [-0.05, 0) is 0 Å². The molecule has 0 aromatic heterocycles. The molecule has 0 aromatic carbocycles. The minimum Gasteiger partial charge on any atom is -0.449 e. The molecule has 0 amide bonds. The zero-order valence-electron chi connectivity index (χ0n) is 3.51. The van der Waals surface area contributed by atoms with Crippen molar-refractivity contribution in [1.82, 2.24) is 0 Å². The van der Waals surface area contributed by atoms with Crippen molar-refractivity contribution < 1.29 is 24.2 Å². The van der Waals surface area contributed by atoms with Crippen LogP contribution in [0.1, 0.15) is 0 Å². The summed E-state index contributed by atoms with van der Waals surface area (Å²) >= 11 is 3.78. The molecule has 0 unspecified atom stereocenters. The van der Waals surface area contributed by atoms with E-state index in [1.165, 1.54) is 0 Å². The molecule has 0 aliphatic carbocycles. The van der Waals surface area contributed by atoms with E-state index in [4.69, 9.17) is 14.9 Å². The lowest BCUT2D eigenvalue weighted by atomic mass is 11.5. The van der Waals surface area contributed by atoms with Crippen molar-refractivity contribution in [2.24, 2.45) is 0 Å². The van der Waals surface area contributed by atoms with Gasteiger partial charge in [-0.25, -0.2) is 4.79 Å². The van der Waals surface area contributed by atoms with E-state index in [9.17, 15) is 4.79 Å². The maximum atomic E-state index is 9.43. The van der Waals surface area contributed by atoms with Gasteiger partial charge in [-0.1, -0.05) is 0 Å². The van der Waals surface area contributed by atoms with Gasteiger partial charge in [0.25, 0.3) is 0 Å². The van der Waals surface area contributed by atoms with Crippen LogP contribution in [0.2, 0.25) is 0 Å². The molecule has 5 nitrogen and oxygen atoms in total. The first-order valence-electron chi connectivity index (χ1n) is 1.40. The van der Waals surface area contributed by atoms with Crippen molar-refractivity contribution in [2.45, 2.75) is 0 Å². The highest BCUT2D eigenvalue weighted by Crippen LogP contribution is 2.35. The van der Waals surface area contributed by atoms with Crippen molar-refractivity contribution in [1.29, 1.82) is 0 Å². The highest BCUT2D eigenvalue weighted by molar-refractivity contribution is 8.06. The number of hydrogen-bond donors (Lipinski definition) is 3. The fourth-order valence-electron chi connectivity index (χ4n) is 0.102. The maximum Gasteiger partial charge on any atom is 0.512 e. The molecular weight excluding hydrogens is 155 g/mol. The predicted octanol–water partition coefficient (Wildman–Crippen LogP) is -0.110. The van der Waals surface area contributed by atoms with Gasteiger partial charge in [-0.15, -0.1) is 0 Å². The minimum absolute atomic E-state index is 1.78. The fraction of sp³-hybridized carbons (Fsp3) is 0. The Morgan fingerprint density at radius 2 is 2.00 bits per heavy atom. The van der Waals surface area contributed by atoms with Gasteiger partial charge in [0.15, 0.2) is 0 Å². The van der Waals surface area contributed by atoms with Crippen LogP contribution in [-0.4, -0.2) is 21.0 Å². The highest BCUT2D eigenvalue weighted by Gasteiger charge is 2.12. The summed E-state index contributed by atoms with van der Waals surface area (Å²) in [5.41, 5.74) is 0. The predicted molar refractivity (Wildman–Crippen MR) is 27.8 cm³/mol. The molecule has 0 heterocycles. The third-order valence-electron chi connectivity index (χ3n) is 0.197. The molecule has 0 spiro atoms. The molecule has 0 bridgehead atoms. The number of hydrogen-bond acceptors (Lipinski definition) is 3. The summed E-state index contributed by atoms with van der Waals surface area (Å²) in [7, 11) is 0. The van der Waals surface area contributed by atoms with E-state index in [1.54, 1.807) is 0 Å². The largest absolute Gasteiger partial charge is 0.512 e. The lowest BCUT2D eigenvalue weighted by Crippen LogP contribution is -1.95. The molecule has 7 heteroatoms. The van der Waals surface area contributed by atoms with Crippen molar-refractivity contribution >= 4 is 24.7 Å². The second-order valence-corrected chi connectivity index (χ2v) is 3.44. The molecule has 0 saturated carbocycles. The van der Waals surface area contributed by atoms with E-state index in [-0.39, 0.29) is 0 Å². The lowest BCUT2D eigenvalue weighted by Gasteiger charge is -2.01. The van der Waals surface area contributed by atoms with Crippen LogP contribution in [0.4, 0.5) is 4.79 Å². The molecule has 0 aliphatic heterocycles. The molecule has 3 N–H and O–H groups in total. The Kier molecular flexibility index (Phi) is 2.36. The zero-order valence-corrected chi connectivity index (χ0v) is 5.22. The van der Waals surface area contributed by atoms with Gasteiger partial charge in [0.1, 0.15) is 0 Å². The maximum absolute atomic E-state index is 9.43. The zero-order chi connectivity index (χ0) is 6.78. The summed E-state index contributed by atoms with van der Waals surface area (Å²) in [5.74, 6) is 0. The van der Waals surface area contributed by atoms with Gasteiger partial charge in [0.05, 0.1) is 0 Å². The summed E-state index contributed by atoms with van der Waals surface area (Å²) in [4.78, 5) is 25.6. The third-order valence-corrected chi connectivity index (χ3v) is 0.815. The quantitative estimate of drug-likeness (QED) is 0.461. The van der Waals surface area contributed by atoms with Crippen LogP contribution >= 0.6 is 6.72 Å². The molecule has 0 aromatic rings. The molecular formula is CH3O5PS. The first-order chi connectivity index (χ1) is 3.42. The van der Waals surface area contributed by atoms with E-state index in [2.05, 4.69) is 16.3 Å². The number of carbonyl (C=O) groups is 1. The normalized spacial score (nSPS) is 10.8. The number of rotatable bonds is 1. The molecule has 8 heavy (non-hydrogen) atoms. The van der Waals surface area contributed by atoms with Crippen molar-refractivity contribution in [3.63, 3.8) is 0 Å². The van der Waals surface area contributed by atoms with Crippen molar-refractivity contribution in [2.75, 3.05) is 0 Å². The van der Waals surface area contributed by atoms with E-state index < -0.39 is 12.9 Å². The van der Waals surface area contributed by atoms with Crippen LogP contribution < -0.4 is 0 Å². The second kappa shape index (κ2) is 2.41. The van der Waals surface area contributed by atoms with E-state index >= 15 is 0 Å². The van der Waals surface area contributed by atoms with Gasteiger partial charge < -0.3 is 19.4 Å². The van der Waals surface area contributed by atoms with Gasteiger partial charge in [-0.3, -0.25) is 0 Å². The van der Waals surface area contributed by atoms with Gasteiger partial charge in [0.2, 0.25) is 0 Å². The first-order valence-corrected chi connectivity index (χ1v) is 4.02. The molecule has 0 rings (SSSR count). The van der Waals surface area contributed by atoms with E-state index in [0.717, 1.165) is 0 Å². The average molecular weight is 158 g/mol. The molecule has 0 radical (unpaired) electrons. The Morgan fingerprint density at radius 3 is 2.00 bits per heavy atom. The van der Waals surface area contributed by atoms with Gasteiger partial charge >= 0.3 is 12.9 Å². The molecule has 0 aliphatic rings.